The van der Waals surface area contributed by atoms with Gasteiger partial charge < -0.3 is 15.2 Å². The van der Waals surface area contributed by atoms with Crippen molar-refractivity contribution in [1.82, 2.24) is 5.32 Å². The molecule has 0 saturated carbocycles. The molecule has 1 amide bonds. The summed E-state index contributed by atoms with van der Waals surface area (Å²) in [6.07, 6.45) is 0.0712. The Balaban J connectivity index is 1.77. The lowest BCUT2D eigenvalue weighted by Gasteiger charge is -2.20. The van der Waals surface area contributed by atoms with E-state index in [1.165, 1.54) is 0 Å². The molecular weight excluding hydrogens is 326 g/mol. The molecule has 0 aliphatic heterocycles. The van der Waals surface area contributed by atoms with Crippen LogP contribution in [0.3, 0.4) is 0 Å². The number of rotatable bonds is 4. The molecule has 0 unspecified atom stereocenters. The van der Waals surface area contributed by atoms with Crippen molar-refractivity contribution in [3.05, 3.63) is 65.2 Å². The molecule has 136 valence electrons. The lowest BCUT2D eigenvalue weighted by Crippen LogP contribution is -2.24. The van der Waals surface area contributed by atoms with Crippen molar-refractivity contribution in [1.29, 1.82) is 0 Å². The molecule has 2 aromatic carbocycles. The number of nitrogens with one attached hydrogen (secondary N) is 1. The lowest BCUT2D eigenvalue weighted by atomic mass is 9.85. The lowest BCUT2D eigenvalue weighted by molar-refractivity contribution is 0.140. The number of hydrogen-bond donors (Lipinski definition) is 2. The van der Waals surface area contributed by atoms with Gasteiger partial charge in [-0.1, -0.05) is 62.9 Å². The summed E-state index contributed by atoms with van der Waals surface area (Å²) in [5, 5.41) is 12.6. The maximum Gasteiger partial charge on any atom is 0.407 e. The first-order valence-corrected chi connectivity index (χ1v) is 8.63. The molecular formula is C22H25NO3. The van der Waals surface area contributed by atoms with Crippen LogP contribution in [-0.2, 0) is 16.8 Å². The van der Waals surface area contributed by atoms with E-state index in [9.17, 15) is 9.90 Å². The SMILES string of the molecule is CC(C)(C)c1cc(C#CCCNC(=O)OCc2ccccc2)ccc1O. The zero-order chi connectivity index (χ0) is 19.0. The number of amides is 1. The number of aromatic hydroxyl groups is 1. The molecule has 0 fully saturated rings. The zero-order valence-electron chi connectivity index (χ0n) is 15.5. The van der Waals surface area contributed by atoms with Crippen LogP contribution in [0.25, 0.3) is 0 Å². The quantitative estimate of drug-likeness (QED) is 0.636. The van der Waals surface area contributed by atoms with Gasteiger partial charge in [0.1, 0.15) is 12.4 Å². The normalized spacial score (nSPS) is 10.6. The average Bonchev–Trinajstić information content (AvgIpc) is 2.61. The summed E-state index contributed by atoms with van der Waals surface area (Å²) in [6.45, 7) is 6.81. The Kier molecular flexibility index (Phi) is 6.68. The van der Waals surface area contributed by atoms with E-state index >= 15 is 0 Å². The summed E-state index contributed by atoms with van der Waals surface area (Å²) in [4.78, 5) is 11.6. The highest BCUT2D eigenvalue weighted by molar-refractivity contribution is 5.67. The van der Waals surface area contributed by atoms with Crippen molar-refractivity contribution in [3.63, 3.8) is 0 Å². The first kappa shape index (κ1) is 19.4. The van der Waals surface area contributed by atoms with Crippen molar-refractivity contribution in [2.45, 2.75) is 39.2 Å². The Morgan fingerprint density at radius 2 is 1.88 bits per heavy atom. The fraction of sp³-hybridized carbons (Fsp3) is 0.318. The van der Waals surface area contributed by atoms with Crippen LogP contribution in [-0.4, -0.2) is 17.7 Å². The number of carbonyl (C=O) groups excluding carboxylic acids is 1. The van der Waals surface area contributed by atoms with Gasteiger partial charge in [-0.05, 0) is 29.2 Å². The predicted octanol–water partition coefficient (Wildman–Crippen LogP) is 4.36. The Bertz CT molecular complexity index is 796. The van der Waals surface area contributed by atoms with Crippen LogP contribution in [0, 0.1) is 11.8 Å². The van der Waals surface area contributed by atoms with Crippen LogP contribution in [0.1, 0.15) is 43.9 Å². The van der Waals surface area contributed by atoms with E-state index in [-0.39, 0.29) is 17.8 Å². The second kappa shape index (κ2) is 8.96. The second-order valence-electron chi connectivity index (χ2n) is 7.02. The molecule has 0 heterocycles. The largest absolute Gasteiger partial charge is 0.508 e. The smallest absolute Gasteiger partial charge is 0.407 e. The molecule has 0 saturated heterocycles. The molecule has 0 spiro atoms. The molecule has 2 aromatic rings. The zero-order valence-corrected chi connectivity index (χ0v) is 15.5. The number of alkyl carbamates (subject to hydrolysis) is 1. The van der Waals surface area contributed by atoms with Gasteiger partial charge in [-0.2, -0.15) is 0 Å². The number of ether oxygens (including phenoxy) is 1. The third-order valence-electron chi connectivity index (χ3n) is 3.77. The van der Waals surface area contributed by atoms with Crippen LogP contribution in [0.5, 0.6) is 5.75 Å². The van der Waals surface area contributed by atoms with Crippen LogP contribution in [0.2, 0.25) is 0 Å². The Labute approximate surface area is 155 Å². The first-order valence-electron chi connectivity index (χ1n) is 8.63. The number of hydrogen-bond acceptors (Lipinski definition) is 3. The van der Waals surface area contributed by atoms with E-state index < -0.39 is 6.09 Å². The van der Waals surface area contributed by atoms with Crippen LogP contribution in [0.4, 0.5) is 4.79 Å². The monoisotopic (exact) mass is 351 g/mol. The number of carbonyl (C=O) groups is 1. The van der Waals surface area contributed by atoms with Gasteiger partial charge >= 0.3 is 6.09 Å². The first-order chi connectivity index (χ1) is 12.4. The molecule has 2 N–H and O–H groups in total. The fourth-order valence-electron chi connectivity index (χ4n) is 2.38. The number of phenolic OH excluding ortho intramolecular Hbond substituents is 1. The van der Waals surface area contributed by atoms with Crippen LogP contribution < -0.4 is 5.32 Å². The highest BCUT2D eigenvalue weighted by Gasteiger charge is 2.17. The van der Waals surface area contributed by atoms with Crippen LogP contribution in [0.15, 0.2) is 48.5 Å². The second-order valence-corrected chi connectivity index (χ2v) is 7.02. The van der Waals surface area contributed by atoms with E-state index in [4.69, 9.17) is 4.74 Å². The predicted molar refractivity (Wildman–Crippen MR) is 103 cm³/mol. The molecule has 26 heavy (non-hydrogen) atoms. The van der Waals surface area contributed by atoms with E-state index in [1.807, 2.05) is 57.2 Å². The molecule has 4 heteroatoms. The summed E-state index contributed by atoms with van der Waals surface area (Å²) < 4.78 is 5.13. The van der Waals surface area contributed by atoms with Gasteiger partial charge in [0.25, 0.3) is 0 Å². The molecule has 0 atom stereocenters. The summed E-state index contributed by atoms with van der Waals surface area (Å²) in [6, 6.07) is 14.9. The van der Waals surface area contributed by atoms with Gasteiger partial charge in [-0.25, -0.2) is 4.79 Å². The van der Waals surface area contributed by atoms with Crippen molar-refractivity contribution in [2.24, 2.45) is 0 Å². The molecule has 2 rings (SSSR count). The van der Waals surface area contributed by atoms with Gasteiger partial charge in [0.05, 0.1) is 0 Å². The molecule has 0 aromatic heterocycles. The Morgan fingerprint density at radius 1 is 1.15 bits per heavy atom. The minimum Gasteiger partial charge on any atom is -0.508 e. The van der Waals surface area contributed by atoms with Gasteiger partial charge in [0.2, 0.25) is 0 Å². The summed E-state index contributed by atoms with van der Waals surface area (Å²) in [5.74, 6) is 6.37. The van der Waals surface area contributed by atoms with E-state index in [2.05, 4.69) is 17.2 Å². The molecule has 0 radical (unpaired) electrons. The Morgan fingerprint density at radius 3 is 2.58 bits per heavy atom. The number of phenols is 1. The van der Waals surface area contributed by atoms with Crippen molar-refractivity contribution >= 4 is 6.09 Å². The summed E-state index contributed by atoms with van der Waals surface area (Å²) in [7, 11) is 0. The highest BCUT2D eigenvalue weighted by Crippen LogP contribution is 2.30. The minimum atomic E-state index is -0.449. The van der Waals surface area contributed by atoms with Gasteiger partial charge in [-0.3, -0.25) is 0 Å². The third-order valence-corrected chi connectivity index (χ3v) is 3.77. The molecule has 0 aliphatic carbocycles. The van der Waals surface area contributed by atoms with Crippen molar-refractivity contribution < 1.29 is 14.6 Å². The van der Waals surface area contributed by atoms with Gasteiger partial charge in [-0.15, -0.1) is 0 Å². The van der Waals surface area contributed by atoms with Crippen molar-refractivity contribution in [3.8, 4) is 17.6 Å². The van der Waals surface area contributed by atoms with Gasteiger partial charge in [0.15, 0.2) is 0 Å². The van der Waals surface area contributed by atoms with E-state index in [0.29, 0.717) is 13.0 Å². The van der Waals surface area contributed by atoms with Crippen LogP contribution >= 0.6 is 0 Å². The number of benzene rings is 2. The Hall–Kier alpha value is -2.93. The summed E-state index contributed by atoms with van der Waals surface area (Å²) in [5.41, 5.74) is 2.52. The standard InChI is InChI=1S/C22H25NO3/c1-22(2,3)19-15-17(12-13-20(19)24)9-7-8-14-23-21(25)26-16-18-10-5-4-6-11-18/h4-6,10-13,15,24H,8,14,16H2,1-3H3,(H,23,25). The maximum absolute atomic E-state index is 11.6. The highest BCUT2D eigenvalue weighted by atomic mass is 16.5. The van der Waals surface area contributed by atoms with E-state index in [1.54, 1.807) is 12.1 Å². The van der Waals surface area contributed by atoms with Gasteiger partial charge in [0, 0.05) is 24.1 Å². The minimum absolute atomic E-state index is 0.147. The third kappa shape index (κ3) is 6.18. The maximum atomic E-state index is 11.6. The van der Waals surface area contributed by atoms with Crippen molar-refractivity contribution in [2.75, 3.05) is 6.54 Å². The molecule has 0 bridgehead atoms. The summed E-state index contributed by atoms with van der Waals surface area (Å²) >= 11 is 0. The fourth-order valence-corrected chi connectivity index (χ4v) is 2.38. The topological polar surface area (TPSA) is 58.6 Å². The molecule has 4 nitrogen and oxygen atoms in total. The molecule has 0 aliphatic rings. The van der Waals surface area contributed by atoms with E-state index in [0.717, 1.165) is 16.7 Å². The average molecular weight is 351 g/mol.